The Labute approximate surface area is 313 Å². The Hall–Kier alpha value is -6.46. The molecule has 0 spiro atoms. The van der Waals surface area contributed by atoms with E-state index in [2.05, 4.69) is 132 Å². The van der Waals surface area contributed by atoms with Gasteiger partial charge < -0.3 is 4.90 Å². The lowest BCUT2D eigenvalue weighted by molar-refractivity contribution is 0.345. The first-order valence-electron chi connectivity index (χ1n) is 17.9. The summed E-state index contributed by atoms with van der Waals surface area (Å²) in [5.41, 5.74) is 11.1. The molecule has 0 saturated carbocycles. The quantitative estimate of drug-likeness (QED) is 0.166. The van der Waals surface area contributed by atoms with Crippen molar-refractivity contribution in [2.45, 2.75) is 20.0 Å². The fourth-order valence-corrected chi connectivity index (χ4v) is 7.08. The molecular formula is C48H43N5. The molecule has 1 aliphatic heterocycles. The minimum atomic E-state index is -0.230. The Balaban J connectivity index is 1.24. The molecule has 0 fully saturated rings. The summed E-state index contributed by atoms with van der Waals surface area (Å²) >= 11 is 0. The maximum atomic E-state index is 9.35. The number of hydrogen-bond acceptors (Lipinski definition) is 5. The smallest absolute Gasteiger partial charge is 0.146 e. The Kier molecular flexibility index (Phi) is 10.2. The van der Waals surface area contributed by atoms with E-state index in [0.717, 1.165) is 61.5 Å². The van der Waals surface area contributed by atoms with Crippen LogP contribution in [-0.4, -0.2) is 35.8 Å². The molecule has 4 aromatic rings. The summed E-state index contributed by atoms with van der Waals surface area (Å²) in [6.45, 7) is 8.23. The summed E-state index contributed by atoms with van der Waals surface area (Å²) in [5, 5.41) is 9.35. The van der Waals surface area contributed by atoms with Crippen molar-refractivity contribution in [2.75, 3.05) is 7.05 Å². The molecular weight excluding hydrogens is 647 g/mol. The van der Waals surface area contributed by atoms with Crippen LogP contribution in [0.15, 0.2) is 197 Å². The summed E-state index contributed by atoms with van der Waals surface area (Å²) < 4.78 is 0. The van der Waals surface area contributed by atoms with Gasteiger partial charge >= 0.3 is 0 Å². The van der Waals surface area contributed by atoms with Crippen LogP contribution in [0.1, 0.15) is 42.3 Å². The van der Waals surface area contributed by atoms with Crippen molar-refractivity contribution >= 4 is 23.9 Å². The first-order chi connectivity index (χ1) is 25.9. The van der Waals surface area contributed by atoms with Crippen LogP contribution >= 0.6 is 0 Å². The Morgan fingerprint density at radius 1 is 0.849 bits per heavy atom. The molecule has 1 heterocycles. The minimum absolute atomic E-state index is 0.00596. The van der Waals surface area contributed by atoms with Crippen LogP contribution in [0.3, 0.4) is 0 Å². The van der Waals surface area contributed by atoms with Gasteiger partial charge in [0, 0.05) is 54.3 Å². The van der Waals surface area contributed by atoms with E-state index in [9.17, 15) is 5.41 Å². The van der Waals surface area contributed by atoms with E-state index < -0.39 is 0 Å². The van der Waals surface area contributed by atoms with Gasteiger partial charge in [-0.3, -0.25) is 20.4 Å². The topological polar surface area (TPSA) is 64.2 Å². The molecule has 0 amide bonds. The maximum absolute atomic E-state index is 9.35. The third kappa shape index (κ3) is 7.46. The molecule has 53 heavy (non-hydrogen) atoms. The lowest BCUT2D eigenvalue weighted by Gasteiger charge is -2.37. The zero-order valence-electron chi connectivity index (χ0n) is 30.4. The molecule has 260 valence electrons. The summed E-state index contributed by atoms with van der Waals surface area (Å²) in [6, 6.07) is 33.7. The van der Waals surface area contributed by atoms with Gasteiger partial charge in [0.1, 0.15) is 6.17 Å². The van der Waals surface area contributed by atoms with Crippen molar-refractivity contribution in [1.29, 1.82) is 5.41 Å². The van der Waals surface area contributed by atoms with E-state index in [1.165, 1.54) is 0 Å². The largest absolute Gasteiger partial charge is 0.355 e. The van der Waals surface area contributed by atoms with Gasteiger partial charge in [-0.05, 0) is 82.3 Å². The lowest BCUT2D eigenvalue weighted by atomic mass is 9.66. The number of nitrogens with zero attached hydrogens (tertiary/aromatic N) is 4. The number of rotatable bonds is 10. The molecule has 0 saturated heterocycles. The van der Waals surface area contributed by atoms with E-state index in [-0.39, 0.29) is 17.5 Å². The fraction of sp³-hybridized carbons (Fsp3) is 0.125. The number of fused-ring (bicyclic) bond motifs is 1. The third-order valence-corrected chi connectivity index (χ3v) is 10.00. The van der Waals surface area contributed by atoms with Crippen LogP contribution in [0.5, 0.6) is 0 Å². The predicted octanol–water partition coefficient (Wildman–Crippen LogP) is 11.1. The Bertz CT molecular complexity index is 2290. The minimum Gasteiger partial charge on any atom is -0.355 e. The third-order valence-electron chi connectivity index (χ3n) is 10.00. The van der Waals surface area contributed by atoms with Crippen LogP contribution < -0.4 is 0 Å². The van der Waals surface area contributed by atoms with E-state index in [1.54, 1.807) is 12.3 Å². The van der Waals surface area contributed by atoms with E-state index in [1.807, 2.05) is 75.1 Å². The normalized spacial score (nSPS) is 20.8. The standard InChI is InChI=1S/C48H43N5/c1-5-27-50-43(6-2)41-31-34(33-52-44-24-26-48(3)25-11-10-15-42(48)45(44)46(49)38-13-8-7-9-14-38)30-40(32-41)37-18-16-35(17-19-37)36-20-22-39(23-21-36)47-51-28-12-29-53(47)4/h5-33,42,47,49H,2H2,1,3-4H3/b27-5-,49-46?,50-43?,52-33?/t42-,47?,48?/m1/s1. The average molecular weight is 690 g/mol. The van der Waals surface area contributed by atoms with Gasteiger partial charge in [0.15, 0.2) is 0 Å². The second-order valence-corrected chi connectivity index (χ2v) is 13.6. The second-order valence-electron chi connectivity index (χ2n) is 13.6. The molecule has 2 unspecified atom stereocenters. The van der Waals surface area contributed by atoms with Gasteiger partial charge in [0.05, 0.1) is 17.1 Å². The average Bonchev–Trinajstić information content (AvgIpc) is 3.20. The summed E-state index contributed by atoms with van der Waals surface area (Å²) in [7, 11) is 2.04. The molecule has 7 rings (SSSR count). The highest BCUT2D eigenvalue weighted by Crippen LogP contribution is 2.45. The van der Waals surface area contributed by atoms with Gasteiger partial charge in [0.25, 0.3) is 0 Å². The highest BCUT2D eigenvalue weighted by Gasteiger charge is 2.37. The Morgan fingerprint density at radius 3 is 2.26 bits per heavy atom. The van der Waals surface area contributed by atoms with Crippen LogP contribution in [-0.2, 0) is 0 Å². The molecule has 3 atom stereocenters. The highest BCUT2D eigenvalue weighted by atomic mass is 15.2. The molecule has 0 aromatic heterocycles. The Morgan fingerprint density at radius 2 is 1.57 bits per heavy atom. The number of aliphatic imine (C=N–C) groups is 3. The molecule has 5 nitrogen and oxygen atoms in total. The SMILES string of the molecule is C=CC(=N/C=C\C)c1cc(C=NC2=C(C(=N)c3ccccc3)[C@H]3C=CC=CC3(C)C=C2)cc(-c2ccc(-c3ccc(C4N=CC=CN4C)cc3)cc2)c1. The van der Waals surface area contributed by atoms with E-state index >= 15 is 0 Å². The first kappa shape index (κ1) is 35.0. The van der Waals surface area contributed by atoms with E-state index in [0.29, 0.717) is 5.71 Å². The molecule has 0 bridgehead atoms. The molecule has 5 heteroatoms. The second kappa shape index (κ2) is 15.4. The van der Waals surface area contributed by atoms with Crippen LogP contribution in [0.25, 0.3) is 22.3 Å². The van der Waals surface area contributed by atoms with Crippen LogP contribution in [0, 0.1) is 16.7 Å². The van der Waals surface area contributed by atoms with Crippen molar-refractivity contribution in [3.05, 3.63) is 204 Å². The fourth-order valence-electron chi connectivity index (χ4n) is 7.08. The maximum Gasteiger partial charge on any atom is 0.146 e. The van der Waals surface area contributed by atoms with Crippen molar-refractivity contribution in [1.82, 2.24) is 4.90 Å². The predicted molar refractivity (Wildman–Crippen MR) is 224 cm³/mol. The summed E-state index contributed by atoms with van der Waals surface area (Å²) in [5.74, 6) is -0.00596. The van der Waals surface area contributed by atoms with Gasteiger partial charge in [0.2, 0.25) is 0 Å². The molecule has 0 radical (unpaired) electrons. The number of hydrogen-bond donors (Lipinski definition) is 1. The molecule has 2 aliphatic carbocycles. The molecule has 1 N–H and O–H groups in total. The van der Waals surface area contributed by atoms with Crippen molar-refractivity contribution < 1.29 is 0 Å². The first-order valence-corrected chi connectivity index (χ1v) is 17.9. The number of allylic oxidation sites excluding steroid dienone is 10. The number of nitrogens with one attached hydrogen (secondary N) is 1. The van der Waals surface area contributed by atoms with Crippen molar-refractivity contribution in [3.8, 4) is 22.3 Å². The van der Waals surface area contributed by atoms with Gasteiger partial charge in [-0.1, -0.05) is 129 Å². The summed E-state index contributed by atoms with van der Waals surface area (Å²) in [4.78, 5) is 16.5. The van der Waals surface area contributed by atoms with Crippen LogP contribution in [0.2, 0.25) is 0 Å². The van der Waals surface area contributed by atoms with Gasteiger partial charge in [-0.15, -0.1) is 0 Å². The van der Waals surface area contributed by atoms with Crippen molar-refractivity contribution in [2.24, 2.45) is 26.3 Å². The summed E-state index contributed by atoms with van der Waals surface area (Å²) in [6.07, 6.45) is 26.1. The highest BCUT2D eigenvalue weighted by molar-refractivity contribution is 6.12. The molecule has 3 aliphatic rings. The van der Waals surface area contributed by atoms with Crippen molar-refractivity contribution in [3.63, 3.8) is 0 Å². The zero-order valence-corrected chi connectivity index (χ0v) is 30.4. The molecule has 4 aromatic carbocycles. The van der Waals surface area contributed by atoms with Gasteiger partial charge in [-0.25, -0.2) is 0 Å². The lowest BCUT2D eigenvalue weighted by Crippen LogP contribution is -2.31. The van der Waals surface area contributed by atoms with Crippen LogP contribution in [0.4, 0.5) is 0 Å². The van der Waals surface area contributed by atoms with E-state index in [4.69, 9.17) is 4.99 Å². The zero-order chi connectivity index (χ0) is 36.8. The van der Waals surface area contributed by atoms with Gasteiger partial charge in [-0.2, -0.15) is 0 Å². The number of benzene rings is 4. The monoisotopic (exact) mass is 689 g/mol.